The SMILES string of the molecule is CC(OCc1ccccc1)C(=O)NC(CCOC(C)(C)C)C(=O)O. The third-order valence-electron chi connectivity index (χ3n) is 3.27. The van der Waals surface area contributed by atoms with E-state index in [1.807, 2.05) is 51.1 Å². The van der Waals surface area contributed by atoms with Crippen molar-refractivity contribution >= 4 is 11.9 Å². The van der Waals surface area contributed by atoms with Crippen molar-refractivity contribution in [1.29, 1.82) is 0 Å². The molecule has 0 spiro atoms. The zero-order valence-electron chi connectivity index (χ0n) is 14.7. The van der Waals surface area contributed by atoms with Crippen molar-refractivity contribution in [2.45, 2.75) is 58.5 Å². The van der Waals surface area contributed by atoms with E-state index in [4.69, 9.17) is 9.47 Å². The van der Waals surface area contributed by atoms with Gasteiger partial charge in [0.15, 0.2) is 0 Å². The van der Waals surface area contributed by atoms with Crippen molar-refractivity contribution in [3.05, 3.63) is 35.9 Å². The molecule has 6 nitrogen and oxygen atoms in total. The molecule has 134 valence electrons. The lowest BCUT2D eigenvalue weighted by atomic mass is 10.1. The Morgan fingerprint density at radius 1 is 1.21 bits per heavy atom. The lowest BCUT2D eigenvalue weighted by Gasteiger charge is -2.22. The second kappa shape index (κ2) is 9.39. The van der Waals surface area contributed by atoms with Crippen LogP contribution >= 0.6 is 0 Å². The van der Waals surface area contributed by atoms with E-state index in [9.17, 15) is 14.7 Å². The van der Waals surface area contributed by atoms with Crippen LogP contribution in [0, 0.1) is 0 Å². The molecule has 6 heteroatoms. The van der Waals surface area contributed by atoms with E-state index in [1.165, 1.54) is 0 Å². The van der Waals surface area contributed by atoms with Gasteiger partial charge in [0.2, 0.25) is 5.91 Å². The molecule has 2 atom stereocenters. The smallest absolute Gasteiger partial charge is 0.326 e. The quantitative estimate of drug-likeness (QED) is 0.722. The third kappa shape index (κ3) is 8.08. The van der Waals surface area contributed by atoms with Crippen molar-refractivity contribution in [3.63, 3.8) is 0 Å². The van der Waals surface area contributed by atoms with Crippen LogP contribution in [0.4, 0.5) is 0 Å². The van der Waals surface area contributed by atoms with Gasteiger partial charge >= 0.3 is 5.97 Å². The van der Waals surface area contributed by atoms with Gasteiger partial charge in [-0.1, -0.05) is 30.3 Å². The van der Waals surface area contributed by atoms with E-state index in [-0.39, 0.29) is 18.6 Å². The minimum atomic E-state index is -1.09. The fraction of sp³-hybridized carbons (Fsp3) is 0.556. The molecule has 0 saturated heterocycles. The van der Waals surface area contributed by atoms with Gasteiger partial charge in [-0.2, -0.15) is 0 Å². The van der Waals surface area contributed by atoms with E-state index in [0.29, 0.717) is 6.61 Å². The molecule has 0 aromatic heterocycles. The second-order valence-electron chi connectivity index (χ2n) is 6.59. The van der Waals surface area contributed by atoms with Gasteiger partial charge in [0.25, 0.3) is 0 Å². The number of amides is 1. The normalized spacial score (nSPS) is 14.0. The number of carboxylic acids is 1. The summed E-state index contributed by atoms with van der Waals surface area (Å²) in [5.41, 5.74) is 0.601. The van der Waals surface area contributed by atoms with Gasteiger partial charge in [0.1, 0.15) is 12.1 Å². The molecule has 1 aromatic carbocycles. The Labute approximate surface area is 143 Å². The van der Waals surface area contributed by atoms with Crippen LogP contribution in [0.15, 0.2) is 30.3 Å². The van der Waals surface area contributed by atoms with Crippen LogP contribution in [0.1, 0.15) is 39.7 Å². The summed E-state index contributed by atoms with van der Waals surface area (Å²) in [6.45, 7) is 7.81. The van der Waals surface area contributed by atoms with Gasteiger partial charge in [-0.15, -0.1) is 0 Å². The molecular weight excluding hydrogens is 310 g/mol. The van der Waals surface area contributed by atoms with Gasteiger partial charge in [-0.25, -0.2) is 4.79 Å². The van der Waals surface area contributed by atoms with Crippen molar-refractivity contribution in [3.8, 4) is 0 Å². The number of carbonyl (C=O) groups excluding carboxylic acids is 1. The molecule has 1 rings (SSSR count). The number of carbonyl (C=O) groups is 2. The Morgan fingerprint density at radius 2 is 1.83 bits per heavy atom. The number of ether oxygens (including phenoxy) is 2. The van der Waals surface area contributed by atoms with Gasteiger partial charge < -0.3 is 19.9 Å². The Morgan fingerprint density at radius 3 is 2.38 bits per heavy atom. The summed E-state index contributed by atoms with van der Waals surface area (Å²) in [5.74, 6) is -1.54. The lowest BCUT2D eigenvalue weighted by Crippen LogP contribution is -2.46. The summed E-state index contributed by atoms with van der Waals surface area (Å²) >= 11 is 0. The monoisotopic (exact) mass is 337 g/mol. The molecule has 0 radical (unpaired) electrons. The predicted molar refractivity (Wildman–Crippen MR) is 90.6 cm³/mol. The molecular formula is C18H27NO5. The minimum Gasteiger partial charge on any atom is -0.480 e. The molecule has 1 aromatic rings. The number of nitrogens with one attached hydrogen (secondary N) is 1. The summed E-state index contributed by atoms with van der Waals surface area (Å²) in [5, 5.41) is 11.7. The molecule has 2 unspecified atom stereocenters. The standard InChI is InChI=1S/C18H27NO5/c1-13(23-12-14-8-6-5-7-9-14)16(20)19-15(17(21)22)10-11-24-18(2,3)4/h5-9,13,15H,10-12H2,1-4H3,(H,19,20)(H,21,22). The fourth-order valence-corrected chi connectivity index (χ4v) is 1.90. The number of rotatable bonds is 9. The number of aliphatic carboxylic acids is 1. The first-order valence-electron chi connectivity index (χ1n) is 8.01. The molecule has 1 amide bonds. The predicted octanol–water partition coefficient (Wildman–Crippen LogP) is 2.37. The average Bonchev–Trinajstić information content (AvgIpc) is 2.51. The third-order valence-corrected chi connectivity index (χ3v) is 3.27. The van der Waals surface area contributed by atoms with Crippen LogP contribution in [0.25, 0.3) is 0 Å². The molecule has 2 N–H and O–H groups in total. The number of benzene rings is 1. The average molecular weight is 337 g/mol. The van der Waals surface area contributed by atoms with Crippen molar-refractivity contribution in [2.75, 3.05) is 6.61 Å². The second-order valence-corrected chi connectivity index (χ2v) is 6.59. The highest BCUT2D eigenvalue weighted by Gasteiger charge is 2.24. The fourth-order valence-electron chi connectivity index (χ4n) is 1.90. The number of carboxylic acid groups (broad SMARTS) is 1. The van der Waals surface area contributed by atoms with Gasteiger partial charge in [-0.3, -0.25) is 4.79 Å². The van der Waals surface area contributed by atoms with Crippen LogP contribution in [-0.2, 0) is 25.7 Å². The van der Waals surface area contributed by atoms with E-state index < -0.39 is 24.0 Å². The lowest BCUT2D eigenvalue weighted by molar-refractivity contribution is -0.145. The molecule has 0 aliphatic carbocycles. The summed E-state index contributed by atoms with van der Waals surface area (Å²) in [4.78, 5) is 23.4. The topological polar surface area (TPSA) is 84.9 Å². The molecule has 0 aliphatic rings. The maximum Gasteiger partial charge on any atom is 0.326 e. The Bertz CT molecular complexity index is 524. The zero-order valence-corrected chi connectivity index (χ0v) is 14.7. The highest BCUT2D eigenvalue weighted by molar-refractivity contribution is 5.86. The largest absolute Gasteiger partial charge is 0.480 e. The van der Waals surface area contributed by atoms with Gasteiger partial charge in [0.05, 0.1) is 12.2 Å². The van der Waals surface area contributed by atoms with E-state index >= 15 is 0 Å². The number of hydrogen-bond donors (Lipinski definition) is 2. The van der Waals surface area contributed by atoms with E-state index in [2.05, 4.69) is 5.32 Å². The summed E-state index contributed by atoms with van der Waals surface area (Å²) < 4.78 is 11.0. The molecule has 0 saturated carbocycles. The minimum absolute atomic E-state index is 0.198. The molecule has 0 fully saturated rings. The Hall–Kier alpha value is -1.92. The molecule has 0 heterocycles. The number of hydrogen-bond acceptors (Lipinski definition) is 4. The Balaban J connectivity index is 2.44. The van der Waals surface area contributed by atoms with Crippen LogP contribution in [0.3, 0.4) is 0 Å². The maximum absolute atomic E-state index is 12.1. The molecule has 0 aliphatic heterocycles. The Kier molecular flexibility index (Phi) is 7.88. The van der Waals surface area contributed by atoms with E-state index in [1.54, 1.807) is 6.92 Å². The van der Waals surface area contributed by atoms with Crippen molar-refractivity contribution < 1.29 is 24.2 Å². The van der Waals surface area contributed by atoms with Crippen LogP contribution in [0.5, 0.6) is 0 Å². The van der Waals surface area contributed by atoms with Gasteiger partial charge in [-0.05, 0) is 33.3 Å². The van der Waals surface area contributed by atoms with E-state index in [0.717, 1.165) is 5.56 Å². The first kappa shape index (κ1) is 20.1. The van der Waals surface area contributed by atoms with Crippen LogP contribution in [-0.4, -0.2) is 41.3 Å². The summed E-state index contributed by atoms with van der Waals surface area (Å²) in [7, 11) is 0. The van der Waals surface area contributed by atoms with Gasteiger partial charge in [0, 0.05) is 13.0 Å². The maximum atomic E-state index is 12.1. The van der Waals surface area contributed by atoms with Crippen LogP contribution < -0.4 is 5.32 Å². The highest BCUT2D eigenvalue weighted by Crippen LogP contribution is 2.08. The summed E-state index contributed by atoms with van der Waals surface area (Å²) in [6.07, 6.45) is -0.542. The van der Waals surface area contributed by atoms with Crippen molar-refractivity contribution in [2.24, 2.45) is 0 Å². The molecule has 24 heavy (non-hydrogen) atoms. The first-order valence-corrected chi connectivity index (χ1v) is 8.01. The zero-order chi connectivity index (χ0) is 18.2. The van der Waals surface area contributed by atoms with Crippen LogP contribution in [0.2, 0.25) is 0 Å². The van der Waals surface area contributed by atoms with Crippen molar-refractivity contribution in [1.82, 2.24) is 5.32 Å². The first-order chi connectivity index (χ1) is 11.2. The summed E-state index contributed by atoms with van der Waals surface area (Å²) in [6, 6.07) is 8.47. The molecule has 0 bridgehead atoms. The highest BCUT2D eigenvalue weighted by atomic mass is 16.5.